The summed E-state index contributed by atoms with van der Waals surface area (Å²) in [6.07, 6.45) is -5.14. The zero-order valence-electron chi connectivity index (χ0n) is 10.3. The fourth-order valence-electron chi connectivity index (χ4n) is 2.29. The summed E-state index contributed by atoms with van der Waals surface area (Å²) in [6.45, 7) is 0.0657. The zero-order chi connectivity index (χ0) is 14.9. The maximum Gasteiger partial charge on any atom is 0.270 e. The van der Waals surface area contributed by atoms with Gasteiger partial charge in [-0.25, -0.2) is 21.6 Å². The Balaban J connectivity index is 2.31. The summed E-state index contributed by atoms with van der Waals surface area (Å²) in [4.78, 5) is -0.0194. The molecule has 0 radical (unpaired) electrons. The SMILES string of the molecule is O=S(=O)(c1ccc(Br)cc1)N1CCCC1C(F)C(F)F. The van der Waals surface area contributed by atoms with Gasteiger partial charge in [-0.05, 0) is 37.1 Å². The van der Waals surface area contributed by atoms with Gasteiger partial charge in [-0.1, -0.05) is 15.9 Å². The van der Waals surface area contributed by atoms with Crippen molar-refractivity contribution in [2.75, 3.05) is 6.54 Å². The molecule has 0 aromatic heterocycles. The van der Waals surface area contributed by atoms with E-state index < -0.39 is 28.7 Å². The molecule has 0 N–H and O–H groups in total. The average Bonchev–Trinajstić information content (AvgIpc) is 2.88. The van der Waals surface area contributed by atoms with Gasteiger partial charge in [0.05, 0.1) is 10.9 Å². The molecule has 1 aliphatic rings. The number of alkyl halides is 3. The van der Waals surface area contributed by atoms with Crippen molar-refractivity contribution in [2.24, 2.45) is 0 Å². The Bertz CT molecular complexity index is 565. The van der Waals surface area contributed by atoms with Crippen molar-refractivity contribution in [3.05, 3.63) is 28.7 Å². The highest BCUT2D eigenvalue weighted by Gasteiger charge is 2.43. The van der Waals surface area contributed by atoms with Gasteiger partial charge >= 0.3 is 0 Å². The van der Waals surface area contributed by atoms with Crippen molar-refractivity contribution in [2.45, 2.75) is 36.4 Å². The third-order valence-electron chi connectivity index (χ3n) is 3.28. The number of hydrogen-bond acceptors (Lipinski definition) is 2. The molecule has 0 spiro atoms. The van der Waals surface area contributed by atoms with E-state index in [9.17, 15) is 21.6 Å². The van der Waals surface area contributed by atoms with E-state index in [4.69, 9.17) is 0 Å². The Morgan fingerprint density at radius 2 is 1.80 bits per heavy atom. The van der Waals surface area contributed by atoms with Crippen molar-refractivity contribution in [3.8, 4) is 0 Å². The monoisotopic (exact) mass is 371 g/mol. The van der Waals surface area contributed by atoms with Gasteiger partial charge in [0, 0.05) is 11.0 Å². The van der Waals surface area contributed by atoms with E-state index in [-0.39, 0.29) is 17.9 Å². The molecule has 2 unspecified atom stereocenters. The maximum atomic E-state index is 13.5. The summed E-state index contributed by atoms with van der Waals surface area (Å²) in [5.41, 5.74) is 0. The molecule has 1 aromatic rings. The second kappa shape index (κ2) is 6.03. The third-order valence-corrected chi connectivity index (χ3v) is 5.74. The Morgan fingerprint density at radius 1 is 1.20 bits per heavy atom. The molecule has 0 aliphatic carbocycles. The third kappa shape index (κ3) is 3.01. The summed E-state index contributed by atoms with van der Waals surface area (Å²) in [5.74, 6) is 0. The first-order chi connectivity index (χ1) is 9.34. The van der Waals surface area contributed by atoms with Crippen LogP contribution in [0.2, 0.25) is 0 Å². The predicted molar refractivity (Wildman–Crippen MR) is 72.0 cm³/mol. The maximum absolute atomic E-state index is 13.5. The van der Waals surface area contributed by atoms with Crippen molar-refractivity contribution in [1.29, 1.82) is 0 Å². The summed E-state index contributed by atoms with van der Waals surface area (Å²) in [6, 6.07) is 4.52. The van der Waals surface area contributed by atoms with E-state index >= 15 is 0 Å². The molecule has 1 saturated heterocycles. The smallest absolute Gasteiger partial charge is 0.239 e. The number of halogens is 4. The van der Waals surface area contributed by atoms with Crippen LogP contribution < -0.4 is 0 Å². The molecule has 20 heavy (non-hydrogen) atoms. The Hall–Kier alpha value is -0.600. The molecule has 2 rings (SSSR count). The molecule has 0 bridgehead atoms. The van der Waals surface area contributed by atoms with E-state index in [1.807, 2.05) is 0 Å². The van der Waals surface area contributed by atoms with E-state index in [1.54, 1.807) is 0 Å². The quantitative estimate of drug-likeness (QED) is 0.814. The van der Waals surface area contributed by atoms with Crippen molar-refractivity contribution in [3.63, 3.8) is 0 Å². The highest BCUT2D eigenvalue weighted by molar-refractivity contribution is 9.10. The lowest BCUT2D eigenvalue weighted by Crippen LogP contribution is -2.43. The van der Waals surface area contributed by atoms with E-state index in [0.29, 0.717) is 10.9 Å². The lowest BCUT2D eigenvalue weighted by atomic mass is 10.1. The second-order valence-corrected chi connectivity index (χ2v) is 7.36. The molecule has 8 heteroatoms. The van der Waals surface area contributed by atoms with Crippen LogP contribution in [0.25, 0.3) is 0 Å². The molecular formula is C12H13BrF3NO2S. The highest BCUT2D eigenvalue weighted by atomic mass is 79.9. The topological polar surface area (TPSA) is 37.4 Å². The molecule has 1 aliphatic heterocycles. The van der Waals surface area contributed by atoms with Gasteiger partial charge in [-0.3, -0.25) is 0 Å². The molecule has 2 atom stereocenters. The Kier molecular flexibility index (Phi) is 4.76. The van der Waals surface area contributed by atoms with Crippen LogP contribution in [0.15, 0.2) is 33.6 Å². The largest absolute Gasteiger partial charge is 0.270 e. The Morgan fingerprint density at radius 3 is 2.35 bits per heavy atom. The van der Waals surface area contributed by atoms with Crippen LogP contribution in [0.3, 0.4) is 0 Å². The van der Waals surface area contributed by atoms with Crippen LogP contribution in [-0.2, 0) is 10.0 Å². The first-order valence-electron chi connectivity index (χ1n) is 6.03. The summed E-state index contributed by atoms with van der Waals surface area (Å²) < 4.78 is 64.8. The molecule has 1 fully saturated rings. The number of sulfonamides is 1. The normalized spacial score (nSPS) is 22.4. The fourth-order valence-corrected chi connectivity index (χ4v) is 4.26. The van der Waals surface area contributed by atoms with Crippen LogP contribution in [-0.4, -0.2) is 37.9 Å². The fraction of sp³-hybridized carbons (Fsp3) is 0.500. The first kappa shape index (κ1) is 15.8. The Labute approximate surface area is 123 Å². The van der Waals surface area contributed by atoms with Crippen LogP contribution >= 0.6 is 15.9 Å². The number of nitrogens with zero attached hydrogens (tertiary/aromatic N) is 1. The predicted octanol–water partition coefficient (Wildman–Crippen LogP) is 3.21. The van der Waals surface area contributed by atoms with Crippen LogP contribution in [0, 0.1) is 0 Å². The minimum Gasteiger partial charge on any atom is -0.239 e. The van der Waals surface area contributed by atoms with Gasteiger partial charge in [0.15, 0.2) is 6.17 Å². The van der Waals surface area contributed by atoms with Crippen LogP contribution in [0.5, 0.6) is 0 Å². The number of benzene rings is 1. The molecule has 1 heterocycles. The van der Waals surface area contributed by atoms with Gasteiger partial charge in [0.2, 0.25) is 10.0 Å². The zero-order valence-corrected chi connectivity index (χ0v) is 12.7. The summed E-state index contributed by atoms with van der Waals surface area (Å²) >= 11 is 3.18. The lowest BCUT2D eigenvalue weighted by molar-refractivity contribution is 0.0188. The van der Waals surface area contributed by atoms with Crippen LogP contribution in [0.4, 0.5) is 13.2 Å². The minimum atomic E-state index is -3.94. The van der Waals surface area contributed by atoms with Gasteiger partial charge in [0.1, 0.15) is 0 Å². The molecule has 0 saturated carbocycles. The second-order valence-electron chi connectivity index (χ2n) is 4.56. The number of rotatable bonds is 4. The van der Waals surface area contributed by atoms with Gasteiger partial charge in [0.25, 0.3) is 6.43 Å². The first-order valence-corrected chi connectivity index (χ1v) is 8.27. The highest BCUT2D eigenvalue weighted by Crippen LogP contribution is 2.31. The number of hydrogen-bond donors (Lipinski definition) is 0. The minimum absolute atomic E-state index is 0.0194. The molecular weight excluding hydrogens is 359 g/mol. The molecule has 1 aromatic carbocycles. The lowest BCUT2D eigenvalue weighted by Gasteiger charge is -2.26. The van der Waals surface area contributed by atoms with Gasteiger partial charge < -0.3 is 0 Å². The average molecular weight is 372 g/mol. The summed E-state index contributed by atoms with van der Waals surface area (Å²) in [5, 5.41) is 0. The van der Waals surface area contributed by atoms with Crippen molar-refractivity contribution >= 4 is 26.0 Å². The standard InChI is InChI=1S/C12H13BrF3NO2S/c13-8-3-5-9(6-4-8)20(18,19)17-7-1-2-10(17)11(14)12(15)16/h3-6,10-12H,1-2,7H2. The summed E-state index contributed by atoms with van der Waals surface area (Å²) in [7, 11) is -3.94. The van der Waals surface area contributed by atoms with E-state index in [0.717, 1.165) is 4.31 Å². The van der Waals surface area contributed by atoms with Crippen molar-refractivity contribution in [1.82, 2.24) is 4.31 Å². The van der Waals surface area contributed by atoms with Gasteiger partial charge in [-0.15, -0.1) is 0 Å². The molecule has 3 nitrogen and oxygen atoms in total. The molecule has 0 amide bonds. The van der Waals surface area contributed by atoms with Gasteiger partial charge in [-0.2, -0.15) is 4.31 Å². The van der Waals surface area contributed by atoms with E-state index in [1.165, 1.54) is 24.3 Å². The van der Waals surface area contributed by atoms with E-state index in [2.05, 4.69) is 15.9 Å². The molecule has 112 valence electrons. The van der Waals surface area contributed by atoms with Crippen LogP contribution in [0.1, 0.15) is 12.8 Å². The van der Waals surface area contributed by atoms with Crippen molar-refractivity contribution < 1.29 is 21.6 Å².